The van der Waals surface area contributed by atoms with Gasteiger partial charge in [0.25, 0.3) is 0 Å². The second kappa shape index (κ2) is 8.21. The molecule has 0 unspecified atom stereocenters. The fraction of sp³-hybridized carbons (Fsp3) is 0.286. The Hall–Kier alpha value is -1.26. The monoisotopic (exact) mass is 399 g/mol. The average Bonchev–Trinajstić information content (AvgIpc) is 3.20. The molecule has 0 saturated heterocycles. The topological polar surface area (TPSA) is 72.8 Å². The van der Waals surface area contributed by atoms with E-state index in [4.69, 9.17) is 16.3 Å². The summed E-state index contributed by atoms with van der Waals surface area (Å²) >= 11 is 10.4. The van der Waals surface area contributed by atoms with Crippen molar-refractivity contribution in [1.82, 2.24) is 19.6 Å². The van der Waals surface area contributed by atoms with Gasteiger partial charge in [0.2, 0.25) is 5.13 Å². The third-order valence-corrected chi connectivity index (χ3v) is 6.16. The summed E-state index contributed by atoms with van der Waals surface area (Å²) < 4.78 is 11.0. The Labute approximate surface area is 156 Å². The number of benzene rings is 1. The maximum Gasteiger partial charge on any atom is 0.210 e. The molecule has 1 aromatic carbocycles. The SMILES string of the molecule is COCCc1nsc(Sc2nnc(Nc3cccc(Cl)c3C)s2)n1. The summed E-state index contributed by atoms with van der Waals surface area (Å²) in [6.07, 6.45) is 0.713. The molecule has 1 N–H and O–H groups in total. The Morgan fingerprint density at radius 2 is 2.17 bits per heavy atom. The molecule has 0 fully saturated rings. The van der Waals surface area contributed by atoms with Gasteiger partial charge in [0, 0.05) is 24.2 Å². The van der Waals surface area contributed by atoms with E-state index in [0.717, 1.165) is 30.8 Å². The number of nitrogens with one attached hydrogen (secondary N) is 1. The first kappa shape index (κ1) is 17.6. The predicted octanol–water partition coefficient (Wildman–Crippen LogP) is 4.44. The van der Waals surface area contributed by atoms with Gasteiger partial charge in [-0.25, -0.2) is 4.98 Å². The summed E-state index contributed by atoms with van der Waals surface area (Å²) in [5, 5.41) is 13.0. The third-order valence-electron chi connectivity index (χ3n) is 3.07. The molecule has 0 spiro atoms. The lowest BCUT2D eigenvalue weighted by molar-refractivity contribution is 0.200. The number of anilines is 2. The van der Waals surface area contributed by atoms with E-state index in [1.807, 2.05) is 25.1 Å². The minimum absolute atomic E-state index is 0.618. The minimum Gasteiger partial charge on any atom is -0.384 e. The largest absolute Gasteiger partial charge is 0.384 e. The molecule has 0 atom stereocenters. The van der Waals surface area contributed by atoms with Crippen LogP contribution in [0.1, 0.15) is 11.4 Å². The van der Waals surface area contributed by atoms with E-state index in [2.05, 4.69) is 24.9 Å². The van der Waals surface area contributed by atoms with E-state index in [1.165, 1.54) is 34.6 Å². The molecule has 3 rings (SSSR count). The summed E-state index contributed by atoms with van der Waals surface area (Å²) in [5.74, 6) is 0.793. The lowest BCUT2D eigenvalue weighted by Gasteiger charge is -2.06. The zero-order valence-corrected chi connectivity index (χ0v) is 16.2. The van der Waals surface area contributed by atoms with E-state index in [0.29, 0.717) is 18.2 Å². The molecular weight excluding hydrogens is 386 g/mol. The summed E-state index contributed by atoms with van der Waals surface area (Å²) in [6.45, 7) is 2.58. The van der Waals surface area contributed by atoms with Crippen LogP contribution in [0, 0.1) is 6.92 Å². The highest BCUT2D eigenvalue weighted by molar-refractivity contribution is 8.02. The Bertz CT molecular complexity index is 822. The van der Waals surface area contributed by atoms with Crippen LogP contribution in [0.3, 0.4) is 0 Å². The standard InChI is InChI=1S/C14H14ClN5OS3/c1-8-9(15)4-3-5-10(8)16-12-18-19-14(22-12)23-13-17-11(20-24-13)6-7-21-2/h3-5H,6-7H2,1-2H3,(H,16,18). The number of halogens is 1. The predicted molar refractivity (Wildman–Crippen MR) is 99.0 cm³/mol. The van der Waals surface area contributed by atoms with Crippen LogP contribution >= 0.6 is 46.2 Å². The molecule has 0 radical (unpaired) electrons. The molecule has 2 aromatic heterocycles. The lowest BCUT2D eigenvalue weighted by atomic mass is 10.2. The van der Waals surface area contributed by atoms with Gasteiger partial charge in [0.1, 0.15) is 5.82 Å². The number of nitrogens with zero attached hydrogens (tertiary/aromatic N) is 4. The molecule has 0 bridgehead atoms. The normalized spacial score (nSPS) is 11.0. The van der Waals surface area contributed by atoms with Gasteiger partial charge >= 0.3 is 0 Å². The van der Waals surface area contributed by atoms with E-state index in [-0.39, 0.29) is 0 Å². The van der Waals surface area contributed by atoms with Crippen LogP contribution in [-0.4, -0.2) is 33.3 Å². The second-order valence-electron chi connectivity index (χ2n) is 4.73. The van der Waals surface area contributed by atoms with E-state index in [9.17, 15) is 0 Å². The van der Waals surface area contributed by atoms with Crippen LogP contribution in [-0.2, 0) is 11.2 Å². The molecule has 24 heavy (non-hydrogen) atoms. The Kier molecular flexibility index (Phi) is 6.01. The molecule has 126 valence electrons. The van der Waals surface area contributed by atoms with Crippen LogP contribution in [0.15, 0.2) is 26.9 Å². The first-order valence-corrected chi connectivity index (χ1v) is 9.79. The number of ether oxygens (including phenoxy) is 1. The van der Waals surface area contributed by atoms with Crippen molar-refractivity contribution in [1.29, 1.82) is 0 Å². The molecule has 0 aliphatic rings. The van der Waals surface area contributed by atoms with Crippen LogP contribution < -0.4 is 5.32 Å². The highest BCUT2D eigenvalue weighted by Gasteiger charge is 2.11. The van der Waals surface area contributed by atoms with Gasteiger partial charge in [-0.2, -0.15) is 4.37 Å². The summed E-state index contributed by atoms with van der Waals surface area (Å²) in [6, 6.07) is 5.72. The maximum absolute atomic E-state index is 6.13. The highest BCUT2D eigenvalue weighted by Crippen LogP contribution is 2.34. The van der Waals surface area contributed by atoms with E-state index in [1.54, 1.807) is 7.11 Å². The number of hydrogen-bond acceptors (Lipinski definition) is 9. The molecule has 6 nitrogen and oxygen atoms in total. The minimum atomic E-state index is 0.618. The highest BCUT2D eigenvalue weighted by atomic mass is 35.5. The number of methoxy groups -OCH3 is 1. The lowest BCUT2D eigenvalue weighted by Crippen LogP contribution is -1.95. The third kappa shape index (κ3) is 4.42. The summed E-state index contributed by atoms with van der Waals surface area (Å²) in [7, 11) is 1.67. The molecular formula is C14H14ClN5OS3. The van der Waals surface area contributed by atoms with Crippen LogP contribution in [0.5, 0.6) is 0 Å². The van der Waals surface area contributed by atoms with Gasteiger partial charge in [-0.3, -0.25) is 0 Å². The van der Waals surface area contributed by atoms with Gasteiger partial charge in [0.05, 0.1) is 6.61 Å². The second-order valence-corrected chi connectivity index (χ2v) is 8.36. The van der Waals surface area contributed by atoms with Crippen LogP contribution in [0.2, 0.25) is 5.02 Å². The van der Waals surface area contributed by atoms with Gasteiger partial charge in [0.15, 0.2) is 8.68 Å². The first-order valence-electron chi connectivity index (χ1n) is 7.00. The van der Waals surface area contributed by atoms with Crippen LogP contribution in [0.4, 0.5) is 10.8 Å². The Morgan fingerprint density at radius 3 is 3.00 bits per heavy atom. The van der Waals surface area contributed by atoms with E-state index >= 15 is 0 Å². The van der Waals surface area contributed by atoms with Crippen molar-refractivity contribution in [2.75, 3.05) is 19.0 Å². The Morgan fingerprint density at radius 1 is 1.29 bits per heavy atom. The zero-order chi connectivity index (χ0) is 16.9. The quantitative estimate of drug-likeness (QED) is 0.629. The van der Waals surface area contributed by atoms with Crippen molar-refractivity contribution in [3.05, 3.63) is 34.6 Å². The first-order chi connectivity index (χ1) is 11.7. The van der Waals surface area contributed by atoms with Crippen molar-refractivity contribution in [2.45, 2.75) is 22.0 Å². The van der Waals surface area contributed by atoms with E-state index < -0.39 is 0 Å². The fourth-order valence-electron chi connectivity index (χ4n) is 1.81. The van der Waals surface area contributed by atoms with Gasteiger partial charge in [-0.1, -0.05) is 29.0 Å². The molecule has 10 heteroatoms. The molecule has 0 amide bonds. The van der Waals surface area contributed by atoms with Crippen molar-refractivity contribution in [3.8, 4) is 0 Å². The van der Waals surface area contributed by atoms with Crippen molar-refractivity contribution in [3.63, 3.8) is 0 Å². The molecule has 0 saturated carbocycles. The fourth-order valence-corrected chi connectivity index (χ4v) is 4.61. The van der Waals surface area contributed by atoms with Gasteiger partial charge in [-0.15, -0.1) is 10.2 Å². The number of hydrogen-bond donors (Lipinski definition) is 1. The average molecular weight is 400 g/mol. The van der Waals surface area contributed by atoms with Crippen molar-refractivity contribution >= 4 is 57.1 Å². The number of aromatic nitrogens is 4. The van der Waals surface area contributed by atoms with Gasteiger partial charge < -0.3 is 10.1 Å². The summed E-state index contributed by atoms with van der Waals surface area (Å²) in [4.78, 5) is 4.45. The Balaban J connectivity index is 1.65. The van der Waals surface area contributed by atoms with Crippen molar-refractivity contribution in [2.24, 2.45) is 0 Å². The smallest absolute Gasteiger partial charge is 0.210 e. The molecule has 3 aromatic rings. The molecule has 0 aliphatic heterocycles. The molecule has 0 aliphatic carbocycles. The molecule has 2 heterocycles. The van der Waals surface area contributed by atoms with Gasteiger partial charge in [-0.05, 0) is 47.9 Å². The maximum atomic E-state index is 6.13. The van der Waals surface area contributed by atoms with Crippen molar-refractivity contribution < 1.29 is 4.74 Å². The van der Waals surface area contributed by atoms with Crippen LogP contribution in [0.25, 0.3) is 0 Å². The summed E-state index contributed by atoms with van der Waals surface area (Å²) in [5.41, 5.74) is 1.91. The number of rotatable bonds is 7. The zero-order valence-electron chi connectivity index (χ0n) is 12.9.